The maximum Gasteiger partial charge on any atom is 0.221 e. The summed E-state index contributed by atoms with van der Waals surface area (Å²) in [6.45, 7) is 3.81. The Morgan fingerprint density at radius 1 is 1.23 bits per heavy atom. The van der Waals surface area contributed by atoms with Crippen molar-refractivity contribution < 1.29 is 13.6 Å². The quantitative estimate of drug-likeness (QED) is 0.528. The van der Waals surface area contributed by atoms with Gasteiger partial charge in [-0.05, 0) is 44.0 Å². The molecule has 1 unspecified atom stereocenters. The highest BCUT2D eigenvalue weighted by Crippen LogP contribution is 2.23. The highest BCUT2D eigenvalue weighted by atomic mass is 19.1. The Morgan fingerprint density at radius 2 is 2.00 bits per heavy atom. The lowest BCUT2D eigenvalue weighted by atomic mass is 10.0. The second kappa shape index (κ2) is 8.11. The first-order valence-electron chi connectivity index (χ1n) is 9.76. The second-order valence-corrected chi connectivity index (χ2v) is 7.31. The van der Waals surface area contributed by atoms with Crippen LogP contribution in [-0.2, 0) is 11.2 Å². The Morgan fingerprint density at radius 3 is 2.74 bits per heavy atom. The molecule has 1 amide bonds. The number of halogens is 2. The molecule has 0 aliphatic heterocycles. The molecule has 156 valence electrons. The summed E-state index contributed by atoms with van der Waals surface area (Å²) in [5.41, 5.74) is 4.09. The summed E-state index contributed by atoms with van der Waals surface area (Å²) in [4.78, 5) is 17.1. The normalized spacial score (nSPS) is 12.1. The van der Waals surface area contributed by atoms with Crippen molar-refractivity contribution in [3.63, 3.8) is 0 Å². The molecule has 1 N–H and O–H groups in total. The van der Waals surface area contributed by atoms with E-state index in [2.05, 4.69) is 15.4 Å². The Labute approximate surface area is 177 Å². The van der Waals surface area contributed by atoms with E-state index in [0.717, 1.165) is 45.6 Å². The van der Waals surface area contributed by atoms with Crippen LogP contribution in [0.1, 0.15) is 35.0 Å². The molecule has 0 aliphatic rings. The standard InChI is InChI=1S/C23H19F2N5O/c1-13-16(14(2)30-23(27-13)18-5-3-4-6-20(18)29-30)9-10-22(31)28-21(12-26)17-8-7-15(24)11-19(17)25/h3-8,11,21H,9-10H2,1-2H3,(H,28,31). The lowest BCUT2D eigenvalue weighted by Crippen LogP contribution is -2.28. The van der Waals surface area contributed by atoms with Crippen LogP contribution in [0, 0.1) is 36.8 Å². The van der Waals surface area contributed by atoms with Gasteiger partial charge in [-0.15, -0.1) is 0 Å². The van der Waals surface area contributed by atoms with Crippen molar-refractivity contribution in [3.8, 4) is 6.07 Å². The molecule has 2 heterocycles. The summed E-state index contributed by atoms with van der Waals surface area (Å²) in [7, 11) is 0. The van der Waals surface area contributed by atoms with Gasteiger partial charge in [0.2, 0.25) is 5.91 Å². The van der Waals surface area contributed by atoms with E-state index in [1.54, 1.807) is 4.52 Å². The van der Waals surface area contributed by atoms with Gasteiger partial charge in [-0.3, -0.25) is 4.79 Å². The van der Waals surface area contributed by atoms with Crippen LogP contribution in [0.2, 0.25) is 0 Å². The number of fused-ring (bicyclic) bond motifs is 3. The van der Waals surface area contributed by atoms with Gasteiger partial charge in [-0.25, -0.2) is 18.3 Å². The molecule has 0 fully saturated rings. The van der Waals surface area contributed by atoms with Crippen LogP contribution in [0.3, 0.4) is 0 Å². The van der Waals surface area contributed by atoms with Gasteiger partial charge >= 0.3 is 0 Å². The number of nitriles is 1. The summed E-state index contributed by atoms with van der Waals surface area (Å²) in [6, 6.07) is 11.3. The number of hydrogen-bond donors (Lipinski definition) is 1. The fraction of sp³-hybridized carbons (Fsp3) is 0.217. The van der Waals surface area contributed by atoms with E-state index in [9.17, 15) is 18.8 Å². The minimum atomic E-state index is -1.20. The van der Waals surface area contributed by atoms with Gasteiger partial charge < -0.3 is 5.32 Å². The predicted molar refractivity (Wildman–Crippen MR) is 111 cm³/mol. The van der Waals surface area contributed by atoms with Gasteiger partial charge in [-0.2, -0.15) is 10.4 Å². The molecule has 1 atom stereocenters. The van der Waals surface area contributed by atoms with Gasteiger partial charge in [0, 0.05) is 34.8 Å². The summed E-state index contributed by atoms with van der Waals surface area (Å²) in [5.74, 6) is -2.04. The zero-order valence-electron chi connectivity index (χ0n) is 17.0. The first-order valence-corrected chi connectivity index (χ1v) is 9.76. The molecule has 0 saturated carbocycles. The SMILES string of the molecule is Cc1nc2c3ccccc3nn2c(C)c1CCC(=O)NC(C#N)c1ccc(F)cc1F. The molecule has 0 radical (unpaired) electrons. The average Bonchev–Trinajstić information content (AvgIpc) is 3.11. The maximum absolute atomic E-state index is 14.0. The molecule has 31 heavy (non-hydrogen) atoms. The topological polar surface area (TPSA) is 83.1 Å². The molecule has 0 spiro atoms. The van der Waals surface area contributed by atoms with Crippen LogP contribution in [0.15, 0.2) is 42.5 Å². The lowest BCUT2D eigenvalue weighted by molar-refractivity contribution is -0.121. The smallest absolute Gasteiger partial charge is 0.221 e. The first kappa shape index (κ1) is 20.4. The van der Waals surface area contributed by atoms with Gasteiger partial charge in [0.25, 0.3) is 0 Å². The molecule has 4 aromatic rings. The van der Waals surface area contributed by atoms with Gasteiger partial charge in [0.15, 0.2) is 5.65 Å². The van der Waals surface area contributed by atoms with Crippen LogP contribution in [0.5, 0.6) is 0 Å². The third-order valence-corrected chi connectivity index (χ3v) is 5.33. The average molecular weight is 419 g/mol. The molecule has 8 heteroatoms. The van der Waals surface area contributed by atoms with Crippen molar-refractivity contribution in [3.05, 3.63) is 76.6 Å². The molecule has 0 aliphatic carbocycles. The predicted octanol–water partition coefficient (Wildman–Crippen LogP) is 4.09. The Kier molecular flexibility index (Phi) is 5.34. The largest absolute Gasteiger partial charge is 0.337 e. The maximum atomic E-state index is 14.0. The fourth-order valence-corrected chi connectivity index (χ4v) is 3.73. The molecule has 0 bridgehead atoms. The monoisotopic (exact) mass is 419 g/mol. The van der Waals surface area contributed by atoms with Crippen LogP contribution in [-0.4, -0.2) is 20.5 Å². The first-order chi connectivity index (χ1) is 14.9. The zero-order chi connectivity index (χ0) is 22.1. The van der Waals surface area contributed by atoms with Gasteiger partial charge in [-0.1, -0.05) is 18.2 Å². The Bertz CT molecular complexity index is 1360. The number of aromatic nitrogens is 3. The second-order valence-electron chi connectivity index (χ2n) is 7.31. The minimum absolute atomic E-state index is 0.0732. The van der Waals surface area contributed by atoms with E-state index in [4.69, 9.17) is 0 Å². The van der Waals surface area contributed by atoms with E-state index < -0.39 is 23.6 Å². The van der Waals surface area contributed by atoms with E-state index in [-0.39, 0.29) is 12.0 Å². The van der Waals surface area contributed by atoms with Crippen LogP contribution < -0.4 is 5.32 Å². The number of carbonyl (C=O) groups is 1. The third kappa shape index (κ3) is 3.82. The summed E-state index contributed by atoms with van der Waals surface area (Å²) >= 11 is 0. The number of aryl methyl sites for hydroxylation is 2. The highest BCUT2D eigenvalue weighted by molar-refractivity contribution is 5.92. The van der Waals surface area contributed by atoms with Crippen LogP contribution >= 0.6 is 0 Å². The number of benzene rings is 2. The minimum Gasteiger partial charge on any atom is -0.337 e. The summed E-state index contributed by atoms with van der Waals surface area (Å²) in [5, 5.41) is 17.4. The fourth-order valence-electron chi connectivity index (χ4n) is 3.73. The summed E-state index contributed by atoms with van der Waals surface area (Å²) < 4.78 is 28.9. The van der Waals surface area contributed by atoms with Crippen molar-refractivity contribution in [2.75, 3.05) is 0 Å². The number of nitrogens with one attached hydrogen (secondary N) is 1. The van der Waals surface area contributed by atoms with Gasteiger partial charge in [0.1, 0.15) is 17.7 Å². The van der Waals surface area contributed by atoms with E-state index in [0.29, 0.717) is 12.5 Å². The number of carbonyl (C=O) groups excluding carboxylic acids is 1. The van der Waals surface area contributed by atoms with Crippen molar-refractivity contribution in [2.45, 2.75) is 32.7 Å². The molecule has 4 rings (SSSR count). The third-order valence-electron chi connectivity index (χ3n) is 5.33. The van der Waals surface area contributed by atoms with E-state index >= 15 is 0 Å². The van der Waals surface area contributed by atoms with E-state index in [1.807, 2.05) is 44.2 Å². The number of amides is 1. The van der Waals surface area contributed by atoms with Crippen molar-refractivity contribution >= 4 is 22.5 Å². The Balaban J connectivity index is 1.54. The van der Waals surface area contributed by atoms with Crippen LogP contribution in [0.4, 0.5) is 8.78 Å². The number of nitrogens with zero attached hydrogens (tertiary/aromatic N) is 4. The molecular formula is C23H19F2N5O. The lowest BCUT2D eigenvalue weighted by Gasteiger charge is -2.14. The Hall–Kier alpha value is -3.86. The molecule has 0 saturated heterocycles. The molecule has 2 aromatic heterocycles. The molecule has 2 aromatic carbocycles. The number of rotatable bonds is 5. The van der Waals surface area contributed by atoms with E-state index in [1.165, 1.54) is 0 Å². The number of hydrogen-bond acceptors (Lipinski definition) is 4. The van der Waals surface area contributed by atoms with Crippen molar-refractivity contribution in [1.82, 2.24) is 19.9 Å². The highest BCUT2D eigenvalue weighted by Gasteiger charge is 2.19. The molecular weight excluding hydrogens is 400 g/mol. The summed E-state index contributed by atoms with van der Waals surface area (Å²) in [6.07, 6.45) is 0.462. The zero-order valence-corrected chi connectivity index (χ0v) is 17.0. The van der Waals surface area contributed by atoms with Crippen molar-refractivity contribution in [2.24, 2.45) is 0 Å². The van der Waals surface area contributed by atoms with Gasteiger partial charge in [0.05, 0.1) is 11.6 Å². The molecule has 6 nitrogen and oxygen atoms in total. The van der Waals surface area contributed by atoms with Crippen LogP contribution in [0.25, 0.3) is 16.6 Å². The van der Waals surface area contributed by atoms with Crippen molar-refractivity contribution in [1.29, 1.82) is 5.26 Å².